The Bertz CT molecular complexity index is 545. The van der Waals surface area contributed by atoms with E-state index in [2.05, 4.69) is 9.62 Å². The lowest BCUT2D eigenvalue weighted by molar-refractivity contribution is 0.540. The van der Waals surface area contributed by atoms with E-state index in [0.29, 0.717) is 12.5 Å². The molecule has 1 aromatic rings. The minimum absolute atomic E-state index is 0.233. The molecule has 1 atom stereocenters. The van der Waals surface area contributed by atoms with Gasteiger partial charge in [0.15, 0.2) is 0 Å². The molecule has 1 aliphatic rings. The molecular weight excluding hydrogens is 308 g/mol. The largest absolute Gasteiger partial charge is 0.371 e. The maximum absolute atomic E-state index is 11.8. The first kappa shape index (κ1) is 16.6. The van der Waals surface area contributed by atoms with Gasteiger partial charge in [0.25, 0.3) is 0 Å². The molecule has 0 bridgehead atoms. The van der Waals surface area contributed by atoms with Crippen LogP contribution in [0.2, 0.25) is 5.02 Å². The number of nitrogens with zero attached hydrogens (tertiary/aromatic N) is 1. The summed E-state index contributed by atoms with van der Waals surface area (Å²) in [6, 6.07) is 7.79. The summed E-state index contributed by atoms with van der Waals surface area (Å²) in [6.07, 6.45) is 2.63. The average molecular weight is 331 g/mol. The number of hydrogen-bond donors (Lipinski definition) is 1. The lowest BCUT2D eigenvalue weighted by Gasteiger charge is -2.19. The molecule has 1 heterocycles. The molecule has 21 heavy (non-hydrogen) atoms. The van der Waals surface area contributed by atoms with Crippen molar-refractivity contribution in [2.45, 2.75) is 26.2 Å². The Morgan fingerprint density at radius 2 is 2.05 bits per heavy atom. The van der Waals surface area contributed by atoms with Gasteiger partial charge in [0.05, 0.1) is 5.75 Å². The highest BCUT2D eigenvalue weighted by molar-refractivity contribution is 7.89. The molecule has 1 aliphatic heterocycles. The number of unbranched alkanes of at least 4 members (excludes halogenated alkanes) is 1. The molecule has 1 aromatic carbocycles. The van der Waals surface area contributed by atoms with Crippen molar-refractivity contribution in [2.24, 2.45) is 5.92 Å². The quantitative estimate of drug-likeness (QED) is 0.836. The fourth-order valence-electron chi connectivity index (χ4n) is 2.54. The van der Waals surface area contributed by atoms with Crippen LogP contribution < -0.4 is 9.62 Å². The van der Waals surface area contributed by atoms with Crippen molar-refractivity contribution in [1.82, 2.24) is 4.72 Å². The van der Waals surface area contributed by atoms with Crippen molar-refractivity contribution >= 4 is 27.3 Å². The summed E-state index contributed by atoms with van der Waals surface area (Å²) < 4.78 is 26.3. The number of anilines is 1. The molecule has 1 fully saturated rings. The number of sulfonamides is 1. The van der Waals surface area contributed by atoms with Gasteiger partial charge in [0.2, 0.25) is 10.0 Å². The lowest BCUT2D eigenvalue weighted by Crippen LogP contribution is -2.32. The minimum Gasteiger partial charge on any atom is -0.371 e. The van der Waals surface area contributed by atoms with Crippen molar-refractivity contribution in [3.63, 3.8) is 0 Å². The molecule has 0 spiro atoms. The molecule has 0 amide bonds. The van der Waals surface area contributed by atoms with Crippen LogP contribution in [-0.2, 0) is 10.0 Å². The van der Waals surface area contributed by atoms with Gasteiger partial charge in [-0.1, -0.05) is 24.9 Å². The van der Waals surface area contributed by atoms with E-state index in [1.54, 1.807) is 0 Å². The fraction of sp³-hybridized carbons (Fsp3) is 0.600. The molecule has 118 valence electrons. The third-order valence-corrected chi connectivity index (χ3v) is 5.52. The summed E-state index contributed by atoms with van der Waals surface area (Å²) in [4.78, 5) is 2.28. The molecule has 0 saturated carbocycles. The standard InChI is InChI=1S/C15H23ClN2O2S/c1-2-3-10-21(19,20)17-11-13-8-9-18(12-13)15-6-4-14(16)5-7-15/h4-7,13,17H,2-3,8-12H2,1H3. The van der Waals surface area contributed by atoms with Gasteiger partial charge >= 0.3 is 0 Å². The van der Waals surface area contributed by atoms with Crippen molar-refractivity contribution in [3.8, 4) is 0 Å². The average Bonchev–Trinajstić information content (AvgIpc) is 2.93. The summed E-state index contributed by atoms with van der Waals surface area (Å²) in [5.74, 6) is 0.606. The first-order valence-electron chi connectivity index (χ1n) is 7.48. The Balaban J connectivity index is 1.81. The van der Waals surface area contributed by atoms with Crippen LogP contribution >= 0.6 is 11.6 Å². The SMILES string of the molecule is CCCCS(=O)(=O)NCC1CCN(c2ccc(Cl)cc2)C1. The van der Waals surface area contributed by atoms with Gasteiger partial charge in [-0.2, -0.15) is 0 Å². The summed E-state index contributed by atoms with van der Waals surface area (Å²) in [5, 5.41) is 0.734. The van der Waals surface area contributed by atoms with Gasteiger partial charge < -0.3 is 4.90 Å². The summed E-state index contributed by atoms with van der Waals surface area (Å²) in [6.45, 7) is 4.38. The van der Waals surface area contributed by atoms with Crippen molar-refractivity contribution < 1.29 is 8.42 Å². The normalized spacial score (nSPS) is 19.1. The molecule has 1 saturated heterocycles. The van der Waals surface area contributed by atoms with E-state index in [0.717, 1.165) is 43.1 Å². The molecule has 1 unspecified atom stereocenters. The lowest BCUT2D eigenvalue weighted by atomic mass is 10.1. The highest BCUT2D eigenvalue weighted by atomic mass is 35.5. The third-order valence-electron chi connectivity index (χ3n) is 3.84. The third kappa shape index (κ3) is 5.16. The van der Waals surface area contributed by atoms with Crippen LogP contribution in [0.4, 0.5) is 5.69 Å². The molecule has 0 radical (unpaired) electrons. The maximum atomic E-state index is 11.8. The Kier molecular flexibility index (Phi) is 5.90. The van der Waals surface area contributed by atoms with Crippen molar-refractivity contribution in [3.05, 3.63) is 29.3 Å². The minimum atomic E-state index is -3.10. The first-order chi connectivity index (χ1) is 10.00. The second-order valence-corrected chi connectivity index (χ2v) is 7.96. The number of benzene rings is 1. The van der Waals surface area contributed by atoms with E-state index >= 15 is 0 Å². The highest BCUT2D eigenvalue weighted by Gasteiger charge is 2.24. The van der Waals surface area contributed by atoms with Crippen LogP contribution in [0.15, 0.2) is 24.3 Å². The second kappa shape index (κ2) is 7.47. The van der Waals surface area contributed by atoms with E-state index in [4.69, 9.17) is 11.6 Å². The smallest absolute Gasteiger partial charge is 0.211 e. The summed E-state index contributed by atoms with van der Waals surface area (Å²) in [7, 11) is -3.10. The zero-order valence-corrected chi connectivity index (χ0v) is 14.0. The fourth-order valence-corrected chi connectivity index (χ4v) is 3.97. The second-order valence-electron chi connectivity index (χ2n) is 5.60. The number of rotatable bonds is 7. The van der Waals surface area contributed by atoms with Gasteiger partial charge in [-0.25, -0.2) is 13.1 Å². The van der Waals surface area contributed by atoms with Crippen LogP contribution in [0, 0.1) is 5.92 Å². The van der Waals surface area contributed by atoms with Crippen LogP contribution in [0.5, 0.6) is 0 Å². The van der Waals surface area contributed by atoms with E-state index < -0.39 is 10.0 Å². The Morgan fingerprint density at radius 3 is 2.71 bits per heavy atom. The van der Waals surface area contributed by atoms with Crippen LogP contribution in [-0.4, -0.2) is 33.8 Å². The zero-order chi connectivity index (χ0) is 15.3. The Hall–Kier alpha value is -0.780. The monoisotopic (exact) mass is 330 g/mol. The number of halogens is 1. The van der Waals surface area contributed by atoms with Crippen molar-refractivity contribution in [2.75, 3.05) is 30.3 Å². The predicted molar refractivity (Wildman–Crippen MR) is 88.5 cm³/mol. The van der Waals surface area contributed by atoms with Crippen molar-refractivity contribution in [1.29, 1.82) is 0 Å². The predicted octanol–water partition coefficient (Wildman–Crippen LogP) is 2.89. The van der Waals surface area contributed by atoms with Gasteiger partial charge in [0.1, 0.15) is 0 Å². The Morgan fingerprint density at radius 1 is 1.33 bits per heavy atom. The summed E-state index contributed by atoms with van der Waals surface area (Å²) >= 11 is 5.89. The zero-order valence-electron chi connectivity index (χ0n) is 12.4. The molecular formula is C15H23ClN2O2S. The topological polar surface area (TPSA) is 49.4 Å². The first-order valence-corrected chi connectivity index (χ1v) is 9.51. The molecule has 4 nitrogen and oxygen atoms in total. The number of hydrogen-bond acceptors (Lipinski definition) is 3. The van der Waals surface area contributed by atoms with Gasteiger partial charge in [-0.05, 0) is 43.0 Å². The molecule has 0 aromatic heterocycles. The van der Waals surface area contributed by atoms with E-state index in [1.807, 2.05) is 31.2 Å². The number of nitrogens with one attached hydrogen (secondary N) is 1. The highest BCUT2D eigenvalue weighted by Crippen LogP contribution is 2.24. The van der Waals surface area contributed by atoms with E-state index in [1.165, 1.54) is 0 Å². The summed E-state index contributed by atoms with van der Waals surface area (Å²) in [5.41, 5.74) is 1.15. The molecule has 2 rings (SSSR count). The van der Waals surface area contributed by atoms with Gasteiger partial charge in [-0.15, -0.1) is 0 Å². The van der Waals surface area contributed by atoms with E-state index in [-0.39, 0.29) is 5.75 Å². The molecule has 6 heteroatoms. The molecule has 0 aliphatic carbocycles. The Labute approximate surface area is 132 Å². The maximum Gasteiger partial charge on any atom is 0.211 e. The van der Waals surface area contributed by atoms with E-state index in [9.17, 15) is 8.42 Å². The van der Waals surface area contributed by atoms with Gasteiger partial charge in [0, 0.05) is 30.3 Å². The van der Waals surface area contributed by atoms with Gasteiger partial charge in [-0.3, -0.25) is 0 Å². The van der Waals surface area contributed by atoms with Crippen LogP contribution in [0.3, 0.4) is 0 Å². The van der Waals surface area contributed by atoms with Crippen LogP contribution in [0.25, 0.3) is 0 Å². The molecule has 1 N–H and O–H groups in total. The van der Waals surface area contributed by atoms with Crippen LogP contribution in [0.1, 0.15) is 26.2 Å².